The predicted octanol–water partition coefficient (Wildman–Crippen LogP) is 1.38. The van der Waals surface area contributed by atoms with Gasteiger partial charge in [0.2, 0.25) is 5.78 Å². The van der Waals surface area contributed by atoms with E-state index in [1.54, 1.807) is 12.3 Å². The summed E-state index contributed by atoms with van der Waals surface area (Å²) in [5, 5.41) is 0. The second kappa shape index (κ2) is 3.11. The van der Waals surface area contributed by atoms with Gasteiger partial charge >= 0.3 is 0 Å². The van der Waals surface area contributed by atoms with Crippen molar-refractivity contribution in [1.82, 2.24) is 4.98 Å². The van der Waals surface area contributed by atoms with Gasteiger partial charge in [-0.3, -0.25) is 4.79 Å². The molecular formula is C9H11NO2. The SMILES string of the molecule is O=C(c1ccc[nH]1)C1CCCO1. The van der Waals surface area contributed by atoms with E-state index in [9.17, 15) is 4.79 Å². The van der Waals surface area contributed by atoms with Crippen molar-refractivity contribution in [2.75, 3.05) is 6.61 Å². The number of aromatic amines is 1. The number of ketones is 1. The van der Waals surface area contributed by atoms with Crippen molar-refractivity contribution >= 4 is 5.78 Å². The Labute approximate surface area is 70.7 Å². The van der Waals surface area contributed by atoms with E-state index >= 15 is 0 Å². The fraction of sp³-hybridized carbons (Fsp3) is 0.444. The highest BCUT2D eigenvalue weighted by molar-refractivity contribution is 5.97. The van der Waals surface area contributed by atoms with Crippen LogP contribution in [-0.2, 0) is 4.74 Å². The third-order valence-corrected chi connectivity index (χ3v) is 2.09. The van der Waals surface area contributed by atoms with E-state index in [0.717, 1.165) is 19.4 Å². The zero-order valence-electron chi connectivity index (χ0n) is 6.75. The monoisotopic (exact) mass is 165 g/mol. The lowest BCUT2D eigenvalue weighted by Crippen LogP contribution is -2.19. The van der Waals surface area contributed by atoms with Crippen molar-refractivity contribution < 1.29 is 9.53 Å². The minimum absolute atomic E-state index is 0.0810. The van der Waals surface area contributed by atoms with Crippen LogP contribution in [0.1, 0.15) is 23.3 Å². The zero-order chi connectivity index (χ0) is 8.39. The summed E-state index contributed by atoms with van der Waals surface area (Å²) in [4.78, 5) is 14.4. The summed E-state index contributed by atoms with van der Waals surface area (Å²) in [6.45, 7) is 0.719. The van der Waals surface area contributed by atoms with Crippen LogP contribution < -0.4 is 0 Å². The molecule has 12 heavy (non-hydrogen) atoms. The maximum Gasteiger partial charge on any atom is 0.207 e. The number of carbonyl (C=O) groups excluding carboxylic acids is 1. The normalized spacial score (nSPS) is 22.8. The van der Waals surface area contributed by atoms with Crippen LogP contribution in [0.5, 0.6) is 0 Å². The summed E-state index contributed by atoms with van der Waals surface area (Å²) in [7, 11) is 0. The average Bonchev–Trinajstić information content (AvgIpc) is 2.77. The van der Waals surface area contributed by atoms with Gasteiger partial charge in [-0.15, -0.1) is 0 Å². The fourth-order valence-electron chi connectivity index (χ4n) is 1.44. The standard InChI is InChI=1S/C9H11NO2/c11-9(7-3-1-5-10-7)8-4-2-6-12-8/h1,3,5,8,10H,2,4,6H2. The molecule has 1 aliphatic rings. The minimum Gasteiger partial charge on any atom is -0.370 e. The van der Waals surface area contributed by atoms with E-state index < -0.39 is 0 Å². The van der Waals surface area contributed by atoms with Crippen LogP contribution in [0.3, 0.4) is 0 Å². The minimum atomic E-state index is -0.205. The van der Waals surface area contributed by atoms with Crippen molar-refractivity contribution in [3.05, 3.63) is 24.0 Å². The van der Waals surface area contributed by atoms with Crippen molar-refractivity contribution in [3.63, 3.8) is 0 Å². The molecule has 0 aromatic carbocycles. The molecule has 2 rings (SSSR count). The first kappa shape index (κ1) is 7.55. The molecular weight excluding hydrogens is 154 g/mol. The predicted molar refractivity (Wildman–Crippen MR) is 44.1 cm³/mol. The van der Waals surface area contributed by atoms with Gasteiger partial charge < -0.3 is 9.72 Å². The van der Waals surface area contributed by atoms with Crippen molar-refractivity contribution in [3.8, 4) is 0 Å². The summed E-state index contributed by atoms with van der Waals surface area (Å²) < 4.78 is 5.27. The molecule has 1 fully saturated rings. The van der Waals surface area contributed by atoms with Gasteiger partial charge in [0.05, 0.1) is 5.69 Å². The molecule has 0 aliphatic carbocycles. The number of Topliss-reactive ketones (excluding diaryl/α,β-unsaturated/α-hetero) is 1. The Hall–Kier alpha value is -1.09. The van der Waals surface area contributed by atoms with Gasteiger partial charge in [-0.1, -0.05) is 0 Å². The largest absolute Gasteiger partial charge is 0.370 e. The highest BCUT2D eigenvalue weighted by Gasteiger charge is 2.24. The zero-order valence-corrected chi connectivity index (χ0v) is 6.75. The Morgan fingerprint density at radius 1 is 1.67 bits per heavy atom. The summed E-state index contributed by atoms with van der Waals surface area (Å²) in [5.74, 6) is 0.0810. The third-order valence-electron chi connectivity index (χ3n) is 2.09. The van der Waals surface area contributed by atoms with Crippen LogP contribution >= 0.6 is 0 Å². The van der Waals surface area contributed by atoms with E-state index in [4.69, 9.17) is 4.74 Å². The van der Waals surface area contributed by atoms with E-state index in [2.05, 4.69) is 4.98 Å². The third kappa shape index (κ3) is 1.28. The summed E-state index contributed by atoms with van der Waals surface area (Å²) in [6, 6.07) is 3.60. The Morgan fingerprint density at radius 3 is 3.17 bits per heavy atom. The van der Waals surface area contributed by atoms with E-state index in [-0.39, 0.29) is 11.9 Å². The van der Waals surface area contributed by atoms with Crippen LogP contribution in [0.25, 0.3) is 0 Å². The lowest BCUT2D eigenvalue weighted by molar-refractivity contribution is 0.0638. The van der Waals surface area contributed by atoms with Gasteiger partial charge in [-0.05, 0) is 25.0 Å². The highest BCUT2D eigenvalue weighted by atomic mass is 16.5. The fourth-order valence-corrected chi connectivity index (χ4v) is 1.44. The number of ether oxygens (including phenoxy) is 1. The van der Waals surface area contributed by atoms with Gasteiger partial charge in [-0.25, -0.2) is 0 Å². The highest BCUT2D eigenvalue weighted by Crippen LogP contribution is 2.16. The van der Waals surface area contributed by atoms with Gasteiger partial charge in [0.1, 0.15) is 6.10 Å². The Bertz CT molecular complexity index is 260. The quantitative estimate of drug-likeness (QED) is 0.672. The van der Waals surface area contributed by atoms with Crippen LogP contribution in [0.15, 0.2) is 18.3 Å². The van der Waals surface area contributed by atoms with Gasteiger partial charge in [0, 0.05) is 12.8 Å². The lowest BCUT2D eigenvalue weighted by Gasteiger charge is -2.05. The Morgan fingerprint density at radius 2 is 2.58 bits per heavy atom. The van der Waals surface area contributed by atoms with Gasteiger partial charge in [0.25, 0.3) is 0 Å². The molecule has 1 saturated heterocycles. The second-order valence-electron chi connectivity index (χ2n) is 2.95. The van der Waals surface area contributed by atoms with Crippen molar-refractivity contribution in [2.24, 2.45) is 0 Å². The molecule has 1 aromatic heterocycles. The van der Waals surface area contributed by atoms with Crippen LogP contribution in [0.4, 0.5) is 0 Å². The molecule has 1 N–H and O–H groups in total. The Kier molecular flexibility index (Phi) is 1.96. The number of aromatic nitrogens is 1. The smallest absolute Gasteiger partial charge is 0.207 e. The summed E-state index contributed by atoms with van der Waals surface area (Å²) >= 11 is 0. The molecule has 0 spiro atoms. The van der Waals surface area contributed by atoms with Gasteiger partial charge in [0.15, 0.2) is 0 Å². The molecule has 0 amide bonds. The van der Waals surface area contributed by atoms with E-state index in [1.165, 1.54) is 0 Å². The second-order valence-corrected chi connectivity index (χ2v) is 2.95. The van der Waals surface area contributed by atoms with Gasteiger partial charge in [-0.2, -0.15) is 0 Å². The Balaban J connectivity index is 2.09. The summed E-state index contributed by atoms with van der Waals surface area (Å²) in [5.41, 5.74) is 0.655. The summed E-state index contributed by atoms with van der Waals surface area (Å²) in [6.07, 6.45) is 3.40. The van der Waals surface area contributed by atoms with Crippen LogP contribution in [0, 0.1) is 0 Å². The first-order valence-corrected chi connectivity index (χ1v) is 4.17. The average molecular weight is 165 g/mol. The topological polar surface area (TPSA) is 42.1 Å². The number of H-pyrrole nitrogens is 1. The molecule has 1 aliphatic heterocycles. The van der Waals surface area contributed by atoms with Crippen molar-refractivity contribution in [1.29, 1.82) is 0 Å². The molecule has 3 nitrogen and oxygen atoms in total. The number of nitrogens with one attached hydrogen (secondary N) is 1. The number of hydrogen-bond donors (Lipinski definition) is 1. The first-order chi connectivity index (χ1) is 5.88. The molecule has 2 heterocycles. The number of rotatable bonds is 2. The van der Waals surface area contributed by atoms with E-state index in [0.29, 0.717) is 5.69 Å². The maximum atomic E-state index is 11.6. The molecule has 0 bridgehead atoms. The molecule has 1 unspecified atom stereocenters. The first-order valence-electron chi connectivity index (χ1n) is 4.17. The number of hydrogen-bond acceptors (Lipinski definition) is 2. The van der Waals surface area contributed by atoms with Crippen LogP contribution in [-0.4, -0.2) is 23.5 Å². The molecule has 3 heteroatoms. The molecule has 0 radical (unpaired) electrons. The molecule has 64 valence electrons. The lowest BCUT2D eigenvalue weighted by atomic mass is 10.1. The number of carbonyl (C=O) groups is 1. The van der Waals surface area contributed by atoms with Crippen LogP contribution in [0.2, 0.25) is 0 Å². The maximum absolute atomic E-state index is 11.6. The van der Waals surface area contributed by atoms with Crippen molar-refractivity contribution in [2.45, 2.75) is 18.9 Å². The van der Waals surface area contributed by atoms with E-state index in [1.807, 2.05) is 6.07 Å². The molecule has 0 saturated carbocycles. The molecule has 1 atom stereocenters. The molecule has 1 aromatic rings.